The number of aryl methyl sites for hydroxylation is 1. The summed E-state index contributed by atoms with van der Waals surface area (Å²) in [5.74, 6) is -0.269. The molecule has 2 N–H and O–H groups in total. The molecule has 0 aliphatic carbocycles. The SMILES string of the molecule is Cc1ccc(O)c(NS(=O)(=O)N(C)C)n1. The summed E-state index contributed by atoms with van der Waals surface area (Å²) in [6, 6.07) is 2.97. The van der Waals surface area contributed by atoms with Crippen LogP contribution in [0, 0.1) is 6.92 Å². The van der Waals surface area contributed by atoms with Crippen molar-refractivity contribution in [3.8, 4) is 5.75 Å². The molecule has 0 fully saturated rings. The molecule has 0 aliphatic rings. The van der Waals surface area contributed by atoms with E-state index in [1.807, 2.05) is 0 Å². The average molecular weight is 231 g/mol. The quantitative estimate of drug-likeness (QED) is 0.784. The van der Waals surface area contributed by atoms with E-state index < -0.39 is 10.2 Å². The van der Waals surface area contributed by atoms with Crippen molar-refractivity contribution in [1.82, 2.24) is 9.29 Å². The Morgan fingerprint density at radius 2 is 2.00 bits per heavy atom. The van der Waals surface area contributed by atoms with Gasteiger partial charge in [-0.25, -0.2) is 4.98 Å². The van der Waals surface area contributed by atoms with Crippen molar-refractivity contribution in [2.75, 3.05) is 18.8 Å². The van der Waals surface area contributed by atoms with Crippen molar-refractivity contribution in [2.45, 2.75) is 6.92 Å². The van der Waals surface area contributed by atoms with Crippen LogP contribution in [-0.2, 0) is 10.2 Å². The van der Waals surface area contributed by atoms with Gasteiger partial charge in [0.2, 0.25) is 0 Å². The lowest BCUT2D eigenvalue weighted by molar-refractivity contribution is 0.474. The van der Waals surface area contributed by atoms with Crippen LogP contribution < -0.4 is 4.72 Å². The number of nitrogens with one attached hydrogen (secondary N) is 1. The van der Waals surface area contributed by atoms with Gasteiger partial charge in [-0.3, -0.25) is 4.72 Å². The van der Waals surface area contributed by atoms with E-state index in [4.69, 9.17) is 0 Å². The number of hydrogen-bond acceptors (Lipinski definition) is 4. The largest absolute Gasteiger partial charge is 0.504 e. The predicted molar refractivity (Wildman–Crippen MR) is 56.9 cm³/mol. The Morgan fingerprint density at radius 3 is 2.53 bits per heavy atom. The molecule has 7 heteroatoms. The molecule has 0 radical (unpaired) electrons. The Kier molecular flexibility index (Phi) is 3.15. The topological polar surface area (TPSA) is 82.5 Å². The molecular formula is C8H13N3O3S. The summed E-state index contributed by atoms with van der Waals surface area (Å²) in [6.45, 7) is 1.70. The molecule has 1 rings (SSSR count). The number of pyridine rings is 1. The van der Waals surface area contributed by atoms with Gasteiger partial charge in [-0.05, 0) is 19.1 Å². The smallest absolute Gasteiger partial charge is 0.302 e. The normalized spacial score (nSPS) is 11.7. The minimum atomic E-state index is -3.63. The zero-order valence-electron chi connectivity index (χ0n) is 8.72. The van der Waals surface area contributed by atoms with E-state index >= 15 is 0 Å². The molecule has 0 unspecified atom stereocenters. The maximum atomic E-state index is 11.4. The minimum Gasteiger partial charge on any atom is -0.504 e. The lowest BCUT2D eigenvalue weighted by Crippen LogP contribution is -2.29. The fraction of sp³-hybridized carbons (Fsp3) is 0.375. The van der Waals surface area contributed by atoms with Gasteiger partial charge in [0.25, 0.3) is 0 Å². The second-order valence-corrected chi connectivity index (χ2v) is 5.09. The Labute approximate surface area is 88.7 Å². The third-order valence-electron chi connectivity index (χ3n) is 1.72. The van der Waals surface area contributed by atoms with Gasteiger partial charge >= 0.3 is 10.2 Å². The van der Waals surface area contributed by atoms with Gasteiger partial charge in [-0.15, -0.1) is 0 Å². The molecule has 0 saturated carbocycles. The van der Waals surface area contributed by atoms with E-state index in [0.717, 1.165) is 4.31 Å². The Balaban J connectivity index is 3.05. The Morgan fingerprint density at radius 1 is 1.40 bits per heavy atom. The fourth-order valence-electron chi connectivity index (χ4n) is 0.838. The third kappa shape index (κ3) is 2.80. The second kappa shape index (κ2) is 4.03. The van der Waals surface area contributed by atoms with Crippen LogP contribution >= 0.6 is 0 Å². The van der Waals surface area contributed by atoms with E-state index in [1.54, 1.807) is 13.0 Å². The first kappa shape index (κ1) is 11.7. The molecule has 0 amide bonds. The van der Waals surface area contributed by atoms with Gasteiger partial charge < -0.3 is 5.11 Å². The molecular weight excluding hydrogens is 218 g/mol. The standard InChI is InChI=1S/C8H13N3O3S/c1-6-4-5-7(12)8(9-6)10-15(13,14)11(2)3/h4-5,12H,1-3H3,(H,9,10). The maximum Gasteiger partial charge on any atom is 0.302 e. The zero-order chi connectivity index (χ0) is 11.6. The highest BCUT2D eigenvalue weighted by Gasteiger charge is 2.16. The summed E-state index contributed by atoms with van der Waals surface area (Å²) >= 11 is 0. The van der Waals surface area contributed by atoms with Gasteiger partial charge in [0.05, 0.1) is 0 Å². The molecule has 0 spiro atoms. The number of nitrogens with zero attached hydrogens (tertiary/aromatic N) is 2. The number of anilines is 1. The van der Waals surface area contributed by atoms with E-state index in [1.165, 1.54) is 20.2 Å². The van der Waals surface area contributed by atoms with E-state index in [2.05, 4.69) is 9.71 Å². The average Bonchev–Trinajstić information content (AvgIpc) is 2.10. The molecule has 0 aliphatic heterocycles. The Bertz CT molecular complexity index is 456. The van der Waals surface area contributed by atoms with E-state index in [0.29, 0.717) is 5.69 Å². The molecule has 0 bridgehead atoms. The third-order valence-corrected chi connectivity index (χ3v) is 3.13. The fourth-order valence-corrected chi connectivity index (χ4v) is 1.42. The highest BCUT2D eigenvalue weighted by Crippen LogP contribution is 2.21. The number of rotatable bonds is 3. The van der Waals surface area contributed by atoms with Crippen LogP contribution in [0.3, 0.4) is 0 Å². The summed E-state index contributed by atoms with van der Waals surface area (Å²) < 4.78 is 26.0. The van der Waals surface area contributed by atoms with E-state index in [-0.39, 0.29) is 11.6 Å². The molecule has 0 saturated heterocycles. The van der Waals surface area contributed by atoms with Crippen molar-refractivity contribution in [2.24, 2.45) is 0 Å². The highest BCUT2D eigenvalue weighted by atomic mass is 32.2. The van der Waals surface area contributed by atoms with E-state index in [9.17, 15) is 13.5 Å². The van der Waals surface area contributed by atoms with Gasteiger partial charge in [0, 0.05) is 19.8 Å². The number of aromatic hydroxyl groups is 1. The molecule has 84 valence electrons. The zero-order valence-corrected chi connectivity index (χ0v) is 9.54. The van der Waals surface area contributed by atoms with Crippen LogP contribution in [0.4, 0.5) is 5.82 Å². The first-order valence-corrected chi connectivity index (χ1v) is 5.64. The molecule has 0 aromatic carbocycles. The van der Waals surface area contributed by atoms with Gasteiger partial charge in [-0.1, -0.05) is 0 Å². The van der Waals surface area contributed by atoms with Crippen LogP contribution in [-0.4, -0.2) is 36.9 Å². The minimum absolute atomic E-state index is 0.0660. The van der Waals surface area contributed by atoms with Gasteiger partial charge in [-0.2, -0.15) is 12.7 Å². The molecule has 6 nitrogen and oxygen atoms in total. The maximum absolute atomic E-state index is 11.4. The van der Waals surface area contributed by atoms with Crippen LogP contribution in [0.2, 0.25) is 0 Å². The summed E-state index contributed by atoms with van der Waals surface area (Å²) in [4.78, 5) is 3.87. The van der Waals surface area contributed by atoms with Crippen molar-refractivity contribution >= 4 is 16.0 Å². The molecule has 1 aromatic heterocycles. The van der Waals surface area contributed by atoms with Crippen LogP contribution in [0.5, 0.6) is 5.75 Å². The predicted octanol–water partition coefficient (Wildman–Crippen LogP) is 0.314. The first-order valence-electron chi connectivity index (χ1n) is 4.20. The van der Waals surface area contributed by atoms with Gasteiger partial charge in [0.1, 0.15) is 0 Å². The van der Waals surface area contributed by atoms with Crippen molar-refractivity contribution < 1.29 is 13.5 Å². The van der Waals surface area contributed by atoms with Crippen molar-refractivity contribution in [3.05, 3.63) is 17.8 Å². The second-order valence-electron chi connectivity index (χ2n) is 3.21. The number of aromatic nitrogens is 1. The highest BCUT2D eigenvalue weighted by molar-refractivity contribution is 7.90. The van der Waals surface area contributed by atoms with Crippen LogP contribution in [0.1, 0.15) is 5.69 Å². The van der Waals surface area contributed by atoms with Crippen LogP contribution in [0.15, 0.2) is 12.1 Å². The molecule has 1 heterocycles. The van der Waals surface area contributed by atoms with Crippen molar-refractivity contribution in [3.63, 3.8) is 0 Å². The summed E-state index contributed by atoms with van der Waals surface area (Å²) in [7, 11) is -0.861. The van der Waals surface area contributed by atoms with Gasteiger partial charge in [0.15, 0.2) is 11.6 Å². The molecule has 15 heavy (non-hydrogen) atoms. The Hall–Kier alpha value is -1.34. The summed E-state index contributed by atoms with van der Waals surface area (Å²) in [5.41, 5.74) is 0.615. The number of hydrogen-bond donors (Lipinski definition) is 2. The lowest BCUT2D eigenvalue weighted by Gasteiger charge is -2.13. The monoisotopic (exact) mass is 231 g/mol. The molecule has 0 atom stereocenters. The summed E-state index contributed by atoms with van der Waals surface area (Å²) in [5, 5.41) is 9.37. The van der Waals surface area contributed by atoms with Crippen LogP contribution in [0.25, 0.3) is 0 Å². The summed E-state index contributed by atoms with van der Waals surface area (Å²) in [6.07, 6.45) is 0. The molecule has 1 aromatic rings. The first-order chi connectivity index (χ1) is 6.83. The van der Waals surface area contributed by atoms with Crippen molar-refractivity contribution in [1.29, 1.82) is 0 Å². The lowest BCUT2D eigenvalue weighted by atomic mass is 10.3.